The fourth-order valence-electron chi connectivity index (χ4n) is 0.622. The van der Waals surface area contributed by atoms with Gasteiger partial charge in [-0.1, -0.05) is 6.42 Å². The first kappa shape index (κ1) is 13.4. The highest BCUT2D eigenvalue weighted by Crippen LogP contribution is 2.00. The molecular formula is C6H15ClN2O2. The summed E-state index contributed by atoms with van der Waals surface area (Å²) in [7, 11) is 0. The van der Waals surface area contributed by atoms with E-state index >= 15 is 0 Å². The molecule has 0 aliphatic rings. The third-order valence-electron chi connectivity index (χ3n) is 1.26. The summed E-state index contributed by atoms with van der Waals surface area (Å²) in [5.74, 6) is 0. The minimum atomic E-state index is -0.506. The zero-order valence-electron chi connectivity index (χ0n) is 6.35. The van der Waals surface area contributed by atoms with Gasteiger partial charge in [-0.15, -0.1) is 0 Å². The summed E-state index contributed by atoms with van der Waals surface area (Å²) >= 11 is 5.11. The van der Waals surface area contributed by atoms with Crippen LogP contribution in [0.5, 0.6) is 0 Å². The van der Waals surface area contributed by atoms with Gasteiger partial charge in [0.2, 0.25) is 5.24 Å². The number of carbonyl (C=O) groups is 1. The Morgan fingerprint density at radius 1 is 1.45 bits per heavy atom. The van der Waals surface area contributed by atoms with Crippen LogP contribution in [0.2, 0.25) is 0 Å². The highest BCUT2D eigenvalue weighted by molar-refractivity contribution is 6.64. The normalized spacial score (nSPS) is 11.9. The first-order valence-corrected chi connectivity index (χ1v) is 3.71. The SMILES string of the molecule is NCCCC[C@H](N)C(=O)Cl.O. The molecule has 0 aromatic rings. The summed E-state index contributed by atoms with van der Waals surface area (Å²) in [4.78, 5) is 10.3. The molecule has 4 nitrogen and oxygen atoms in total. The van der Waals surface area contributed by atoms with Crippen LogP contribution >= 0.6 is 11.6 Å². The monoisotopic (exact) mass is 182 g/mol. The Balaban J connectivity index is 0. The molecular weight excluding hydrogens is 168 g/mol. The van der Waals surface area contributed by atoms with Crippen LogP contribution in [0, 0.1) is 0 Å². The van der Waals surface area contributed by atoms with Crippen LogP contribution < -0.4 is 11.5 Å². The lowest BCUT2D eigenvalue weighted by atomic mass is 10.1. The fourth-order valence-corrected chi connectivity index (χ4v) is 0.731. The average molecular weight is 183 g/mol. The molecule has 0 aliphatic carbocycles. The van der Waals surface area contributed by atoms with E-state index in [0.717, 1.165) is 12.8 Å². The van der Waals surface area contributed by atoms with Crippen molar-refractivity contribution in [1.29, 1.82) is 0 Å². The van der Waals surface area contributed by atoms with Crippen molar-refractivity contribution in [2.45, 2.75) is 25.3 Å². The molecule has 0 aliphatic heterocycles. The van der Waals surface area contributed by atoms with Crippen LogP contribution in [0.3, 0.4) is 0 Å². The first-order chi connectivity index (χ1) is 4.68. The standard InChI is InChI=1S/C6H13ClN2O.H2O/c7-6(10)5(9)3-1-2-4-8;/h5H,1-4,8-9H2;1H2/t5-;/m0./s1. The van der Waals surface area contributed by atoms with Crippen molar-refractivity contribution >= 4 is 16.8 Å². The van der Waals surface area contributed by atoms with Crippen molar-refractivity contribution in [2.75, 3.05) is 6.54 Å². The Hall–Kier alpha value is -0.160. The number of unbranched alkanes of at least 4 members (excludes halogenated alkanes) is 1. The second-order valence-corrected chi connectivity index (χ2v) is 2.57. The third kappa shape index (κ3) is 7.74. The maximum absolute atomic E-state index is 10.3. The molecule has 0 aromatic carbocycles. The molecule has 0 saturated carbocycles. The van der Waals surface area contributed by atoms with Crippen molar-refractivity contribution in [3.63, 3.8) is 0 Å². The van der Waals surface area contributed by atoms with Crippen LogP contribution in [0.15, 0.2) is 0 Å². The fraction of sp³-hybridized carbons (Fsp3) is 0.833. The lowest BCUT2D eigenvalue weighted by Gasteiger charge is -2.03. The molecule has 6 N–H and O–H groups in total. The molecule has 0 spiro atoms. The van der Waals surface area contributed by atoms with Crippen LogP contribution in [0.25, 0.3) is 0 Å². The highest BCUT2D eigenvalue weighted by atomic mass is 35.5. The molecule has 0 aromatic heterocycles. The second kappa shape index (κ2) is 7.94. The van der Waals surface area contributed by atoms with Crippen LogP contribution in [-0.2, 0) is 4.79 Å². The van der Waals surface area contributed by atoms with Gasteiger partial charge >= 0.3 is 0 Å². The Morgan fingerprint density at radius 2 is 2.00 bits per heavy atom. The van der Waals surface area contributed by atoms with Gasteiger partial charge in [0.05, 0.1) is 6.04 Å². The van der Waals surface area contributed by atoms with Crippen molar-refractivity contribution in [1.82, 2.24) is 0 Å². The molecule has 5 heteroatoms. The highest BCUT2D eigenvalue weighted by Gasteiger charge is 2.08. The molecule has 0 heterocycles. The van der Waals surface area contributed by atoms with E-state index in [9.17, 15) is 4.79 Å². The van der Waals surface area contributed by atoms with E-state index < -0.39 is 11.3 Å². The number of halogens is 1. The largest absolute Gasteiger partial charge is 0.412 e. The van der Waals surface area contributed by atoms with Crippen LogP contribution in [0.4, 0.5) is 0 Å². The Morgan fingerprint density at radius 3 is 2.36 bits per heavy atom. The number of hydrogen-bond donors (Lipinski definition) is 2. The predicted octanol–water partition coefficient (Wildman–Crippen LogP) is -0.617. The van der Waals surface area contributed by atoms with E-state index in [1.807, 2.05) is 0 Å². The molecule has 11 heavy (non-hydrogen) atoms. The van der Waals surface area contributed by atoms with E-state index in [2.05, 4.69) is 0 Å². The predicted molar refractivity (Wildman–Crippen MR) is 45.4 cm³/mol. The molecule has 0 fully saturated rings. The van der Waals surface area contributed by atoms with Crippen molar-refractivity contribution < 1.29 is 10.3 Å². The molecule has 1 atom stereocenters. The van der Waals surface area contributed by atoms with E-state index in [-0.39, 0.29) is 5.48 Å². The molecule has 0 radical (unpaired) electrons. The van der Waals surface area contributed by atoms with Gasteiger partial charge in [0.1, 0.15) is 0 Å². The third-order valence-corrected chi connectivity index (χ3v) is 1.54. The molecule has 0 amide bonds. The number of hydrogen-bond acceptors (Lipinski definition) is 3. The topological polar surface area (TPSA) is 101 Å². The summed E-state index contributed by atoms with van der Waals surface area (Å²) in [5.41, 5.74) is 10.6. The Labute approximate surface area is 71.2 Å². The van der Waals surface area contributed by atoms with E-state index in [4.69, 9.17) is 23.1 Å². The Bertz CT molecular complexity index is 111. The zero-order chi connectivity index (χ0) is 7.98. The smallest absolute Gasteiger partial charge is 0.238 e. The minimum absolute atomic E-state index is 0. The van der Waals surface area contributed by atoms with Gasteiger partial charge < -0.3 is 16.9 Å². The molecule has 0 saturated heterocycles. The van der Waals surface area contributed by atoms with Gasteiger partial charge in [-0.3, -0.25) is 4.79 Å². The molecule has 68 valence electrons. The molecule has 0 rings (SSSR count). The van der Waals surface area contributed by atoms with Crippen molar-refractivity contribution in [3.8, 4) is 0 Å². The quantitative estimate of drug-likeness (QED) is 0.438. The van der Waals surface area contributed by atoms with Crippen molar-refractivity contribution in [3.05, 3.63) is 0 Å². The lowest BCUT2D eigenvalue weighted by Crippen LogP contribution is -2.26. The van der Waals surface area contributed by atoms with Gasteiger partial charge in [0.25, 0.3) is 0 Å². The average Bonchev–Trinajstić information content (AvgIpc) is 1.88. The molecule has 0 bridgehead atoms. The van der Waals surface area contributed by atoms with Crippen LogP contribution in [0.1, 0.15) is 19.3 Å². The zero-order valence-corrected chi connectivity index (χ0v) is 7.10. The maximum Gasteiger partial charge on any atom is 0.238 e. The van der Waals surface area contributed by atoms with Crippen molar-refractivity contribution in [2.24, 2.45) is 11.5 Å². The van der Waals surface area contributed by atoms with E-state index in [1.54, 1.807) is 0 Å². The second-order valence-electron chi connectivity index (χ2n) is 2.20. The summed E-state index contributed by atoms with van der Waals surface area (Å²) in [6.45, 7) is 0.642. The lowest BCUT2D eigenvalue weighted by molar-refractivity contribution is -0.112. The van der Waals surface area contributed by atoms with Gasteiger partial charge in [-0.2, -0.15) is 0 Å². The molecule has 0 unspecified atom stereocenters. The van der Waals surface area contributed by atoms with E-state index in [1.165, 1.54) is 0 Å². The van der Waals surface area contributed by atoms with Gasteiger partial charge in [-0.25, -0.2) is 0 Å². The van der Waals surface area contributed by atoms with Crippen LogP contribution in [-0.4, -0.2) is 23.3 Å². The maximum atomic E-state index is 10.3. The summed E-state index contributed by atoms with van der Waals surface area (Å²) in [6, 6.07) is -0.506. The van der Waals surface area contributed by atoms with Gasteiger partial charge in [-0.05, 0) is 31.0 Å². The Kier molecular flexibility index (Phi) is 9.70. The number of nitrogens with two attached hydrogens (primary N) is 2. The number of rotatable bonds is 5. The van der Waals surface area contributed by atoms with Gasteiger partial charge in [0, 0.05) is 0 Å². The summed E-state index contributed by atoms with van der Waals surface area (Å²) < 4.78 is 0. The first-order valence-electron chi connectivity index (χ1n) is 3.33. The summed E-state index contributed by atoms with van der Waals surface area (Å²) in [6.07, 6.45) is 2.41. The summed E-state index contributed by atoms with van der Waals surface area (Å²) in [5, 5.41) is -0.461. The number of carbonyl (C=O) groups excluding carboxylic acids is 1. The van der Waals surface area contributed by atoms with E-state index in [0.29, 0.717) is 13.0 Å². The minimum Gasteiger partial charge on any atom is -0.412 e. The van der Waals surface area contributed by atoms with Gasteiger partial charge in [0.15, 0.2) is 0 Å².